The number of benzene rings is 3. The Morgan fingerprint density at radius 3 is 1.81 bits per heavy atom. The number of rotatable bonds is 10. The highest BCUT2D eigenvalue weighted by Crippen LogP contribution is 2.41. The van der Waals surface area contributed by atoms with E-state index in [0.717, 1.165) is 31.4 Å². The van der Waals surface area contributed by atoms with E-state index in [9.17, 15) is 4.79 Å². The van der Waals surface area contributed by atoms with E-state index >= 15 is 0 Å². The van der Waals surface area contributed by atoms with Crippen molar-refractivity contribution in [3.05, 3.63) is 88.5 Å². The van der Waals surface area contributed by atoms with Crippen LogP contribution in [0.3, 0.4) is 0 Å². The molecule has 0 amide bonds. The predicted molar refractivity (Wildman–Crippen MR) is 148 cm³/mol. The van der Waals surface area contributed by atoms with Crippen molar-refractivity contribution < 1.29 is 19.0 Å². The summed E-state index contributed by atoms with van der Waals surface area (Å²) in [6.45, 7) is 5.13. The fourth-order valence-electron chi connectivity index (χ4n) is 5.54. The molecule has 1 N–H and O–H groups in total. The number of carbonyl (C=O) groups is 1. The topological polar surface area (TPSA) is 56.8 Å². The average Bonchev–Trinajstić information content (AvgIpc) is 2.92. The van der Waals surface area contributed by atoms with Gasteiger partial charge in [-0.1, -0.05) is 66.1 Å². The standard InChI is InChI=1S/C32H39NO4/c1-21-9-13-24(14-10-21)30(25-15-11-22(2)12-16-25)31(26-8-6-7-17-33-26)27(34)18-23-19-28(35-3)32(37-5)29(20-23)36-4/h9-16,19-20,26,30-31,33H,6-8,17-18H2,1-5H3. The molecule has 2 atom stereocenters. The highest BCUT2D eigenvalue weighted by molar-refractivity contribution is 5.86. The number of aryl methyl sites for hydroxylation is 2. The van der Waals surface area contributed by atoms with Crippen molar-refractivity contribution in [2.24, 2.45) is 5.92 Å². The van der Waals surface area contributed by atoms with Crippen LogP contribution < -0.4 is 19.5 Å². The van der Waals surface area contributed by atoms with Crippen LogP contribution in [0.25, 0.3) is 0 Å². The van der Waals surface area contributed by atoms with Crippen molar-refractivity contribution in [2.45, 2.75) is 51.5 Å². The third-order valence-electron chi connectivity index (χ3n) is 7.49. The number of nitrogens with one attached hydrogen (secondary N) is 1. The Bertz CT molecular complexity index is 1110. The Morgan fingerprint density at radius 1 is 0.838 bits per heavy atom. The second-order valence-electron chi connectivity index (χ2n) is 10.1. The first kappa shape index (κ1) is 26.7. The summed E-state index contributed by atoms with van der Waals surface area (Å²) in [6, 6.07) is 21.2. The minimum Gasteiger partial charge on any atom is -0.493 e. The molecule has 0 spiro atoms. The first-order valence-electron chi connectivity index (χ1n) is 13.1. The van der Waals surface area contributed by atoms with E-state index < -0.39 is 0 Å². The first-order valence-corrected chi connectivity index (χ1v) is 13.1. The second-order valence-corrected chi connectivity index (χ2v) is 10.1. The maximum absolute atomic E-state index is 14.3. The van der Waals surface area contributed by atoms with Crippen molar-refractivity contribution in [1.29, 1.82) is 0 Å². The third-order valence-corrected chi connectivity index (χ3v) is 7.49. The zero-order chi connectivity index (χ0) is 26.4. The number of methoxy groups -OCH3 is 3. The lowest BCUT2D eigenvalue weighted by Crippen LogP contribution is -2.46. The Morgan fingerprint density at radius 2 is 1.38 bits per heavy atom. The molecule has 2 unspecified atom stereocenters. The SMILES string of the molecule is COc1cc(CC(=O)C(C2CCCCN2)C(c2ccc(C)cc2)c2ccc(C)cc2)cc(OC)c1OC. The van der Waals surface area contributed by atoms with Gasteiger partial charge in [0.25, 0.3) is 0 Å². The van der Waals surface area contributed by atoms with Crippen LogP contribution in [0.5, 0.6) is 17.2 Å². The van der Waals surface area contributed by atoms with Gasteiger partial charge in [0.15, 0.2) is 11.5 Å². The van der Waals surface area contributed by atoms with Crippen LogP contribution in [0.1, 0.15) is 53.0 Å². The molecule has 0 radical (unpaired) electrons. The molecule has 1 heterocycles. The van der Waals surface area contributed by atoms with Gasteiger partial charge in [-0.25, -0.2) is 0 Å². The highest BCUT2D eigenvalue weighted by Gasteiger charge is 2.37. The van der Waals surface area contributed by atoms with Crippen molar-refractivity contribution in [3.8, 4) is 17.2 Å². The summed E-state index contributed by atoms with van der Waals surface area (Å²) in [5.41, 5.74) is 5.62. The van der Waals surface area contributed by atoms with Gasteiger partial charge in [-0.05, 0) is 62.1 Å². The summed E-state index contributed by atoms with van der Waals surface area (Å²) in [4.78, 5) is 14.3. The van der Waals surface area contributed by atoms with Crippen LogP contribution in [-0.2, 0) is 11.2 Å². The van der Waals surface area contributed by atoms with Gasteiger partial charge in [-0.15, -0.1) is 0 Å². The van der Waals surface area contributed by atoms with E-state index in [1.54, 1.807) is 21.3 Å². The fraction of sp³-hybridized carbons (Fsp3) is 0.406. The summed E-state index contributed by atoms with van der Waals surface area (Å²) < 4.78 is 16.6. The number of ether oxygens (including phenoxy) is 3. The molecule has 3 aromatic carbocycles. The maximum atomic E-state index is 14.3. The van der Waals surface area contributed by atoms with Crippen LogP contribution in [0.4, 0.5) is 0 Å². The molecule has 4 rings (SSSR count). The van der Waals surface area contributed by atoms with Gasteiger partial charge in [0.2, 0.25) is 5.75 Å². The number of piperidine rings is 1. The Kier molecular flexibility index (Phi) is 8.88. The molecule has 5 nitrogen and oxygen atoms in total. The maximum Gasteiger partial charge on any atom is 0.203 e. The third kappa shape index (κ3) is 6.16. The fourth-order valence-corrected chi connectivity index (χ4v) is 5.54. The van der Waals surface area contributed by atoms with Crippen LogP contribution in [0.15, 0.2) is 60.7 Å². The first-order chi connectivity index (χ1) is 17.9. The quantitative estimate of drug-likeness (QED) is 0.368. The summed E-state index contributed by atoms with van der Waals surface area (Å²) in [5, 5.41) is 3.70. The van der Waals surface area contributed by atoms with Gasteiger partial charge in [-0.3, -0.25) is 4.79 Å². The lowest BCUT2D eigenvalue weighted by molar-refractivity contribution is -0.123. The second kappa shape index (κ2) is 12.3. The molecule has 1 saturated heterocycles. The van der Waals surface area contributed by atoms with E-state index in [4.69, 9.17) is 14.2 Å². The van der Waals surface area contributed by atoms with Gasteiger partial charge in [0.1, 0.15) is 5.78 Å². The minimum atomic E-state index is -0.218. The van der Waals surface area contributed by atoms with Crippen LogP contribution >= 0.6 is 0 Å². The summed E-state index contributed by atoms with van der Waals surface area (Å²) in [7, 11) is 4.79. The van der Waals surface area contributed by atoms with Gasteiger partial charge >= 0.3 is 0 Å². The molecule has 0 aliphatic carbocycles. The molecule has 1 fully saturated rings. The van der Waals surface area contributed by atoms with Gasteiger partial charge < -0.3 is 19.5 Å². The number of ketones is 1. The lowest BCUT2D eigenvalue weighted by Gasteiger charge is -2.36. The predicted octanol–water partition coefficient (Wildman–Crippen LogP) is 6.03. The molecule has 1 aliphatic rings. The Hall–Kier alpha value is -3.31. The van der Waals surface area contributed by atoms with Crippen LogP contribution in [-0.4, -0.2) is 39.7 Å². The van der Waals surface area contributed by atoms with Crippen molar-refractivity contribution in [1.82, 2.24) is 5.32 Å². The molecule has 1 aliphatic heterocycles. The van der Waals surface area contributed by atoms with Gasteiger partial charge in [0, 0.05) is 24.3 Å². The molecular weight excluding hydrogens is 462 g/mol. The largest absolute Gasteiger partial charge is 0.493 e. The monoisotopic (exact) mass is 501 g/mol. The van der Waals surface area contributed by atoms with Crippen molar-refractivity contribution in [3.63, 3.8) is 0 Å². The number of Topliss-reactive ketones (excluding diaryl/α,β-unsaturated/α-hetero) is 1. The molecule has 3 aromatic rings. The van der Waals surface area contributed by atoms with Crippen LogP contribution in [0.2, 0.25) is 0 Å². The van der Waals surface area contributed by atoms with E-state index in [1.807, 2.05) is 12.1 Å². The Balaban J connectivity index is 1.78. The molecule has 0 bridgehead atoms. The molecule has 0 aromatic heterocycles. The lowest BCUT2D eigenvalue weighted by atomic mass is 9.72. The zero-order valence-electron chi connectivity index (χ0n) is 22.7. The summed E-state index contributed by atoms with van der Waals surface area (Å²) in [6.07, 6.45) is 3.54. The van der Waals surface area contributed by atoms with E-state index in [1.165, 1.54) is 22.3 Å². The summed E-state index contributed by atoms with van der Waals surface area (Å²) in [5.74, 6) is 1.59. The molecule has 37 heavy (non-hydrogen) atoms. The normalized spacial score (nSPS) is 16.3. The minimum absolute atomic E-state index is 0.0497. The highest BCUT2D eigenvalue weighted by atomic mass is 16.5. The molecular formula is C32H39NO4. The molecule has 0 saturated carbocycles. The number of hydrogen-bond acceptors (Lipinski definition) is 5. The Labute approximate surface area is 221 Å². The number of carbonyl (C=O) groups excluding carboxylic acids is 1. The van der Waals surface area contributed by atoms with E-state index in [2.05, 4.69) is 67.7 Å². The summed E-state index contributed by atoms with van der Waals surface area (Å²) >= 11 is 0. The van der Waals surface area contributed by atoms with Gasteiger partial charge in [0.05, 0.1) is 21.3 Å². The van der Waals surface area contributed by atoms with Crippen molar-refractivity contribution in [2.75, 3.05) is 27.9 Å². The van der Waals surface area contributed by atoms with E-state index in [-0.39, 0.29) is 30.1 Å². The van der Waals surface area contributed by atoms with E-state index in [0.29, 0.717) is 17.2 Å². The van der Waals surface area contributed by atoms with Crippen LogP contribution in [0, 0.1) is 19.8 Å². The van der Waals surface area contributed by atoms with Gasteiger partial charge in [-0.2, -0.15) is 0 Å². The average molecular weight is 502 g/mol. The zero-order valence-corrected chi connectivity index (χ0v) is 22.7. The van der Waals surface area contributed by atoms with Crippen molar-refractivity contribution >= 4 is 5.78 Å². The smallest absolute Gasteiger partial charge is 0.203 e. The number of hydrogen-bond donors (Lipinski definition) is 1. The molecule has 196 valence electrons. The molecule has 5 heteroatoms.